The summed E-state index contributed by atoms with van der Waals surface area (Å²) in [5, 5.41) is 17.2. The molecule has 0 aliphatic rings. The van der Waals surface area contributed by atoms with Crippen LogP contribution < -0.4 is 5.73 Å². The average Bonchev–Trinajstić information content (AvgIpc) is 2.13. The predicted molar refractivity (Wildman–Crippen MR) is 51.3 cm³/mol. The molecule has 86 valence electrons. The Kier molecular flexibility index (Phi) is 5.54. The molecule has 0 aromatic rings. The van der Waals surface area contributed by atoms with Crippen LogP contribution in [0.15, 0.2) is 0 Å². The molecule has 6 nitrogen and oxygen atoms in total. The Morgan fingerprint density at radius 3 is 2.07 bits per heavy atom. The van der Waals surface area contributed by atoms with E-state index >= 15 is 0 Å². The summed E-state index contributed by atoms with van der Waals surface area (Å²) in [6.07, 6.45) is 0.303. The fourth-order valence-electron chi connectivity index (χ4n) is 1.15. The highest BCUT2D eigenvalue weighted by Crippen LogP contribution is 2.11. The van der Waals surface area contributed by atoms with Crippen LogP contribution in [0.2, 0.25) is 0 Å². The first-order chi connectivity index (χ1) is 6.90. The van der Waals surface area contributed by atoms with Gasteiger partial charge >= 0.3 is 11.9 Å². The number of rotatable bonds is 7. The maximum Gasteiger partial charge on any atom is 0.320 e. The molecule has 0 saturated carbocycles. The molecule has 2 atom stereocenters. The van der Waals surface area contributed by atoms with Gasteiger partial charge in [0.05, 0.1) is 0 Å². The number of hydrogen-bond acceptors (Lipinski definition) is 4. The summed E-state index contributed by atoms with van der Waals surface area (Å²) in [7, 11) is 0. The molecule has 0 amide bonds. The zero-order valence-corrected chi connectivity index (χ0v) is 8.47. The molecular weight excluding hydrogens is 202 g/mol. The van der Waals surface area contributed by atoms with E-state index < -0.39 is 29.7 Å². The SMILES string of the molecule is CCCC(=O)C(C[C@H](N)C(=O)O)C(=O)O. The van der Waals surface area contributed by atoms with Gasteiger partial charge < -0.3 is 15.9 Å². The Morgan fingerprint density at radius 2 is 1.73 bits per heavy atom. The lowest BCUT2D eigenvalue weighted by Crippen LogP contribution is -2.37. The van der Waals surface area contributed by atoms with Crippen molar-refractivity contribution in [2.75, 3.05) is 0 Å². The number of carboxylic acid groups (broad SMARTS) is 2. The fourth-order valence-corrected chi connectivity index (χ4v) is 1.15. The number of carbonyl (C=O) groups is 3. The summed E-state index contributed by atoms with van der Waals surface area (Å²) in [6, 6.07) is -1.31. The highest BCUT2D eigenvalue weighted by molar-refractivity contribution is 5.98. The van der Waals surface area contributed by atoms with E-state index in [0.29, 0.717) is 6.42 Å². The van der Waals surface area contributed by atoms with Crippen LogP contribution in [0.25, 0.3) is 0 Å². The minimum absolute atomic E-state index is 0.128. The molecule has 0 aliphatic carbocycles. The summed E-state index contributed by atoms with van der Waals surface area (Å²) in [5.74, 6) is -4.39. The predicted octanol–water partition coefficient (Wildman–Crippen LogP) is -0.142. The summed E-state index contributed by atoms with van der Waals surface area (Å²) in [5.41, 5.74) is 5.17. The van der Waals surface area contributed by atoms with Crippen LogP contribution in [-0.2, 0) is 14.4 Å². The number of Topliss-reactive ketones (excluding diaryl/α,β-unsaturated/α-hetero) is 1. The molecule has 0 heterocycles. The third kappa shape index (κ3) is 4.55. The molecule has 6 heteroatoms. The van der Waals surface area contributed by atoms with Gasteiger partial charge in [-0.1, -0.05) is 6.92 Å². The summed E-state index contributed by atoms with van der Waals surface area (Å²) in [6.45, 7) is 1.74. The third-order valence-electron chi connectivity index (χ3n) is 1.99. The number of hydrogen-bond donors (Lipinski definition) is 3. The van der Waals surface area contributed by atoms with Crippen molar-refractivity contribution in [3.05, 3.63) is 0 Å². The maximum absolute atomic E-state index is 11.3. The normalized spacial score (nSPS) is 14.3. The first kappa shape index (κ1) is 13.6. The van der Waals surface area contributed by atoms with E-state index in [9.17, 15) is 14.4 Å². The van der Waals surface area contributed by atoms with Gasteiger partial charge in [0.15, 0.2) is 0 Å². The van der Waals surface area contributed by atoms with E-state index in [-0.39, 0.29) is 12.8 Å². The highest BCUT2D eigenvalue weighted by Gasteiger charge is 2.29. The molecule has 15 heavy (non-hydrogen) atoms. The van der Waals surface area contributed by atoms with Crippen LogP contribution in [0, 0.1) is 5.92 Å². The molecule has 1 unspecified atom stereocenters. The highest BCUT2D eigenvalue weighted by atomic mass is 16.4. The second kappa shape index (κ2) is 6.13. The van der Waals surface area contributed by atoms with Gasteiger partial charge in [-0.25, -0.2) is 0 Å². The van der Waals surface area contributed by atoms with Gasteiger partial charge in [-0.3, -0.25) is 14.4 Å². The molecular formula is C9H15NO5. The van der Waals surface area contributed by atoms with E-state index in [2.05, 4.69) is 0 Å². The van der Waals surface area contributed by atoms with Crippen LogP contribution in [0.4, 0.5) is 0 Å². The lowest BCUT2D eigenvalue weighted by Gasteiger charge is -2.13. The number of carboxylic acids is 2. The van der Waals surface area contributed by atoms with E-state index in [1.807, 2.05) is 0 Å². The van der Waals surface area contributed by atoms with E-state index in [0.717, 1.165) is 0 Å². The van der Waals surface area contributed by atoms with Gasteiger partial charge in [-0.05, 0) is 12.8 Å². The Morgan fingerprint density at radius 1 is 1.20 bits per heavy atom. The topological polar surface area (TPSA) is 118 Å². The molecule has 0 aliphatic heterocycles. The molecule has 0 bridgehead atoms. The van der Waals surface area contributed by atoms with Crippen LogP contribution in [-0.4, -0.2) is 34.0 Å². The Bertz CT molecular complexity index is 263. The lowest BCUT2D eigenvalue weighted by atomic mass is 9.93. The van der Waals surface area contributed by atoms with Gasteiger partial charge in [-0.2, -0.15) is 0 Å². The zero-order chi connectivity index (χ0) is 12.0. The van der Waals surface area contributed by atoms with Gasteiger partial charge in [-0.15, -0.1) is 0 Å². The van der Waals surface area contributed by atoms with Gasteiger partial charge in [0, 0.05) is 6.42 Å². The fraction of sp³-hybridized carbons (Fsp3) is 0.667. The second-order valence-electron chi connectivity index (χ2n) is 3.29. The number of carbonyl (C=O) groups excluding carboxylic acids is 1. The summed E-state index contributed by atoms with van der Waals surface area (Å²) >= 11 is 0. The molecule has 0 fully saturated rings. The third-order valence-corrected chi connectivity index (χ3v) is 1.99. The van der Waals surface area contributed by atoms with Gasteiger partial charge in [0.25, 0.3) is 0 Å². The Labute approximate surface area is 87.1 Å². The quantitative estimate of drug-likeness (QED) is 0.511. The van der Waals surface area contributed by atoms with Crippen molar-refractivity contribution < 1.29 is 24.6 Å². The minimum Gasteiger partial charge on any atom is -0.481 e. The van der Waals surface area contributed by atoms with Crippen LogP contribution in [0.5, 0.6) is 0 Å². The molecule has 0 aromatic heterocycles. The molecule has 0 saturated heterocycles. The first-order valence-electron chi connectivity index (χ1n) is 4.64. The smallest absolute Gasteiger partial charge is 0.320 e. The number of nitrogens with two attached hydrogens (primary N) is 1. The molecule has 4 N–H and O–H groups in total. The zero-order valence-electron chi connectivity index (χ0n) is 8.47. The Balaban J connectivity index is 4.47. The van der Waals surface area contributed by atoms with Gasteiger partial charge in [0.1, 0.15) is 17.7 Å². The summed E-state index contributed by atoms with van der Waals surface area (Å²) < 4.78 is 0. The van der Waals surface area contributed by atoms with E-state index in [1.54, 1.807) is 6.92 Å². The van der Waals surface area contributed by atoms with Crippen molar-refractivity contribution in [2.45, 2.75) is 32.2 Å². The lowest BCUT2D eigenvalue weighted by molar-refractivity contribution is -0.147. The van der Waals surface area contributed by atoms with Crippen LogP contribution in [0.3, 0.4) is 0 Å². The molecule has 0 radical (unpaired) electrons. The van der Waals surface area contributed by atoms with Crippen LogP contribution >= 0.6 is 0 Å². The maximum atomic E-state index is 11.3. The molecule has 0 aromatic carbocycles. The molecule has 0 rings (SSSR count). The minimum atomic E-state index is -1.31. The number of ketones is 1. The number of aliphatic carboxylic acids is 2. The average molecular weight is 217 g/mol. The summed E-state index contributed by atoms with van der Waals surface area (Å²) in [4.78, 5) is 32.4. The van der Waals surface area contributed by atoms with E-state index in [1.165, 1.54) is 0 Å². The van der Waals surface area contributed by atoms with Crippen LogP contribution in [0.1, 0.15) is 26.2 Å². The van der Waals surface area contributed by atoms with Crippen molar-refractivity contribution >= 4 is 17.7 Å². The Hall–Kier alpha value is -1.43. The van der Waals surface area contributed by atoms with Crippen molar-refractivity contribution in [3.63, 3.8) is 0 Å². The van der Waals surface area contributed by atoms with Crippen molar-refractivity contribution in [2.24, 2.45) is 11.7 Å². The van der Waals surface area contributed by atoms with Gasteiger partial charge in [0.2, 0.25) is 0 Å². The standard InChI is InChI=1S/C9H15NO5/c1-2-3-7(11)5(8(12)13)4-6(10)9(14)15/h5-6H,2-4,10H2,1H3,(H,12,13)(H,14,15)/t5?,6-/m0/s1. The van der Waals surface area contributed by atoms with Crippen molar-refractivity contribution in [1.29, 1.82) is 0 Å². The largest absolute Gasteiger partial charge is 0.481 e. The second-order valence-corrected chi connectivity index (χ2v) is 3.29. The van der Waals surface area contributed by atoms with Crippen molar-refractivity contribution in [3.8, 4) is 0 Å². The first-order valence-corrected chi connectivity index (χ1v) is 4.64. The monoisotopic (exact) mass is 217 g/mol. The van der Waals surface area contributed by atoms with E-state index in [4.69, 9.17) is 15.9 Å². The van der Waals surface area contributed by atoms with Crippen molar-refractivity contribution in [1.82, 2.24) is 0 Å². The molecule has 0 spiro atoms.